The van der Waals surface area contributed by atoms with Gasteiger partial charge in [0.1, 0.15) is 0 Å². The zero-order valence-electron chi connectivity index (χ0n) is 7.60. The summed E-state index contributed by atoms with van der Waals surface area (Å²) in [6, 6.07) is 3.19. The number of rotatable bonds is 3. The van der Waals surface area contributed by atoms with Gasteiger partial charge in [0.2, 0.25) is 5.91 Å². The summed E-state index contributed by atoms with van der Waals surface area (Å²) in [5.74, 6) is -2.22. The molecular formula is C9H10F2N2O. The normalized spacial score (nSPS) is 9.93. The Hall–Kier alpha value is -1.49. The monoisotopic (exact) mass is 200 g/mol. The molecule has 3 nitrogen and oxygen atoms in total. The van der Waals surface area contributed by atoms with Crippen molar-refractivity contribution in [2.45, 2.75) is 0 Å². The molecule has 0 aliphatic rings. The molecule has 1 aromatic carbocycles. The quantitative estimate of drug-likeness (QED) is 0.767. The number of carbonyl (C=O) groups excluding carboxylic acids is 1. The summed E-state index contributed by atoms with van der Waals surface area (Å²) in [4.78, 5) is 11.0. The molecule has 5 heteroatoms. The van der Waals surface area contributed by atoms with Gasteiger partial charge in [0.25, 0.3) is 0 Å². The summed E-state index contributed by atoms with van der Waals surface area (Å²) in [7, 11) is 1.62. The van der Waals surface area contributed by atoms with E-state index in [4.69, 9.17) is 0 Å². The minimum absolute atomic E-state index is 0.124. The van der Waals surface area contributed by atoms with Gasteiger partial charge in [-0.2, -0.15) is 0 Å². The van der Waals surface area contributed by atoms with Gasteiger partial charge in [0, 0.05) is 11.8 Å². The van der Waals surface area contributed by atoms with Crippen LogP contribution >= 0.6 is 0 Å². The van der Waals surface area contributed by atoms with E-state index in [-0.39, 0.29) is 18.1 Å². The minimum Gasteiger partial charge on any atom is -0.325 e. The molecule has 0 aromatic heterocycles. The second kappa shape index (κ2) is 4.66. The van der Waals surface area contributed by atoms with Gasteiger partial charge in [0.05, 0.1) is 6.54 Å². The van der Waals surface area contributed by atoms with E-state index in [2.05, 4.69) is 10.6 Å². The Balaban J connectivity index is 2.68. The first-order chi connectivity index (χ1) is 6.63. The maximum absolute atomic E-state index is 12.7. The Morgan fingerprint density at radius 3 is 2.64 bits per heavy atom. The third kappa shape index (κ3) is 2.77. The van der Waals surface area contributed by atoms with E-state index >= 15 is 0 Å². The Labute approximate surface area is 80.1 Å². The molecule has 14 heavy (non-hydrogen) atoms. The van der Waals surface area contributed by atoms with Gasteiger partial charge >= 0.3 is 0 Å². The molecule has 0 atom stereocenters. The molecule has 0 aliphatic heterocycles. The summed E-state index contributed by atoms with van der Waals surface area (Å²) in [5.41, 5.74) is 0.240. The van der Waals surface area contributed by atoms with Crippen LogP contribution in [0.3, 0.4) is 0 Å². The topological polar surface area (TPSA) is 41.1 Å². The number of nitrogens with one attached hydrogen (secondary N) is 2. The van der Waals surface area contributed by atoms with Crippen molar-refractivity contribution in [2.75, 3.05) is 18.9 Å². The number of halogens is 2. The van der Waals surface area contributed by atoms with Gasteiger partial charge < -0.3 is 10.6 Å². The van der Waals surface area contributed by atoms with Gasteiger partial charge in [0.15, 0.2) is 11.6 Å². The van der Waals surface area contributed by atoms with E-state index in [1.807, 2.05) is 0 Å². The molecule has 0 fully saturated rings. The second-order valence-electron chi connectivity index (χ2n) is 2.71. The molecule has 0 radical (unpaired) electrons. The number of hydrogen-bond donors (Lipinski definition) is 2. The van der Waals surface area contributed by atoms with Crippen LogP contribution in [0.5, 0.6) is 0 Å². The fraction of sp³-hybridized carbons (Fsp3) is 0.222. The summed E-state index contributed by atoms with van der Waals surface area (Å²) in [6.07, 6.45) is 0. The lowest BCUT2D eigenvalue weighted by Crippen LogP contribution is -2.25. The van der Waals surface area contributed by atoms with Crippen LogP contribution < -0.4 is 10.6 Å². The molecule has 1 aromatic rings. The van der Waals surface area contributed by atoms with E-state index in [0.717, 1.165) is 12.1 Å². The molecule has 0 saturated carbocycles. The van der Waals surface area contributed by atoms with Crippen molar-refractivity contribution in [1.29, 1.82) is 0 Å². The first-order valence-corrected chi connectivity index (χ1v) is 4.03. The van der Waals surface area contributed by atoms with Gasteiger partial charge in [-0.05, 0) is 19.2 Å². The molecule has 0 spiro atoms. The van der Waals surface area contributed by atoms with Gasteiger partial charge in [-0.1, -0.05) is 0 Å². The van der Waals surface area contributed by atoms with Crippen LogP contribution in [0.25, 0.3) is 0 Å². The standard InChI is InChI=1S/C9H10F2N2O/c1-12-5-9(14)13-6-2-3-7(10)8(11)4-6/h2-4,12H,5H2,1H3,(H,13,14). The predicted octanol–water partition coefficient (Wildman–Crippen LogP) is 1.12. The van der Waals surface area contributed by atoms with Gasteiger partial charge in [-0.25, -0.2) is 8.78 Å². The third-order valence-corrected chi connectivity index (χ3v) is 1.54. The lowest BCUT2D eigenvalue weighted by molar-refractivity contribution is -0.115. The molecule has 76 valence electrons. The molecule has 1 amide bonds. The fourth-order valence-corrected chi connectivity index (χ4v) is 0.940. The van der Waals surface area contributed by atoms with E-state index in [0.29, 0.717) is 0 Å². The summed E-state index contributed by atoms with van der Waals surface area (Å²) >= 11 is 0. The second-order valence-corrected chi connectivity index (χ2v) is 2.71. The van der Waals surface area contributed by atoms with Crippen LogP contribution in [0.15, 0.2) is 18.2 Å². The molecule has 0 heterocycles. The third-order valence-electron chi connectivity index (χ3n) is 1.54. The zero-order chi connectivity index (χ0) is 10.6. The molecule has 2 N–H and O–H groups in total. The lowest BCUT2D eigenvalue weighted by Gasteiger charge is -2.04. The summed E-state index contributed by atoms with van der Waals surface area (Å²) < 4.78 is 25.2. The number of likely N-dealkylation sites (N-methyl/N-ethyl adjacent to an activating group) is 1. The van der Waals surface area contributed by atoms with Crippen LogP contribution in [0.1, 0.15) is 0 Å². The molecule has 0 bridgehead atoms. The van der Waals surface area contributed by atoms with Crippen LogP contribution in [0.2, 0.25) is 0 Å². The van der Waals surface area contributed by atoms with Crippen molar-refractivity contribution in [3.63, 3.8) is 0 Å². The van der Waals surface area contributed by atoms with Gasteiger partial charge in [-0.3, -0.25) is 4.79 Å². The predicted molar refractivity (Wildman–Crippen MR) is 48.9 cm³/mol. The Morgan fingerprint density at radius 2 is 2.07 bits per heavy atom. The Bertz CT molecular complexity index is 342. The average molecular weight is 200 g/mol. The maximum Gasteiger partial charge on any atom is 0.238 e. The smallest absolute Gasteiger partial charge is 0.238 e. The first-order valence-electron chi connectivity index (χ1n) is 4.03. The van der Waals surface area contributed by atoms with Crippen LogP contribution in [0, 0.1) is 11.6 Å². The van der Waals surface area contributed by atoms with Gasteiger partial charge in [-0.15, -0.1) is 0 Å². The van der Waals surface area contributed by atoms with Crippen LogP contribution in [-0.2, 0) is 4.79 Å². The van der Waals surface area contributed by atoms with Crippen LogP contribution in [-0.4, -0.2) is 19.5 Å². The van der Waals surface area contributed by atoms with Crippen molar-refractivity contribution in [3.05, 3.63) is 29.8 Å². The van der Waals surface area contributed by atoms with Crippen molar-refractivity contribution >= 4 is 11.6 Å². The van der Waals surface area contributed by atoms with E-state index in [9.17, 15) is 13.6 Å². The molecule has 1 rings (SSSR count). The number of carbonyl (C=O) groups is 1. The lowest BCUT2D eigenvalue weighted by atomic mass is 10.3. The van der Waals surface area contributed by atoms with Crippen molar-refractivity contribution in [1.82, 2.24) is 5.32 Å². The first kappa shape index (κ1) is 10.6. The Kier molecular flexibility index (Phi) is 3.53. The van der Waals surface area contributed by atoms with Crippen molar-refractivity contribution < 1.29 is 13.6 Å². The highest BCUT2D eigenvalue weighted by Gasteiger charge is 2.04. The molecule has 0 saturated heterocycles. The average Bonchev–Trinajstić information content (AvgIpc) is 2.12. The van der Waals surface area contributed by atoms with Crippen LogP contribution in [0.4, 0.5) is 14.5 Å². The SMILES string of the molecule is CNCC(=O)Nc1ccc(F)c(F)c1. The Morgan fingerprint density at radius 1 is 1.36 bits per heavy atom. The largest absolute Gasteiger partial charge is 0.325 e. The van der Waals surface area contributed by atoms with Crippen molar-refractivity contribution in [3.8, 4) is 0 Å². The number of anilines is 1. The summed E-state index contributed by atoms with van der Waals surface area (Å²) in [5, 5.41) is 5.04. The molecule has 0 aliphatic carbocycles. The summed E-state index contributed by atoms with van der Waals surface area (Å²) in [6.45, 7) is 0.124. The van der Waals surface area contributed by atoms with Crippen molar-refractivity contribution in [2.24, 2.45) is 0 Å². The van der Waals surface area contributed by atoms with E-state index in [1.165, 1.54) is 6.07 Å². The highest BCUT2D eigenvalue weighted by molar-refractivity contribution is 5.92. The zero-order valence-corrected chi connectivity index (χ0v) is 7.60. The molecular weight excluding hydrogens is 190 g/mol. The number of amides is 1. The number of hydrogen-bond acceptors (Lipinski definition) is 2. The van der Waals surface area contributed by atoms with E-state index in [1.54, 1.807) is 7.05 Å². The maximum atomic E-state index is 12.7. The fourth-order valence-electron chi connectivity index (χ4n) is 0.940. The highest BCUT2D eigenvalue weighted by atomic mass is 19.2. The number of benzene rings is 1. The minimum atomic E-state index is -0.979. The highest BCUT2D eigenvalue weighted by Crippen LogP contribution is 2.12. The molecule has 0 unspecified atom stereocenters. The van der Waals surface area contributed by atoms with E-state index < -0.39 is 11.6 Å².